The molecule has 90 valence electrons. The molecular formula is C12H21N3O. The number of nitrogens with two attached hydrogens (primary N) is 1. The minimum Gasteiger partial charge on any atom is -0.397 e. The Hall–Kier alpha value is -1.29. The highest BCUT2D eigenvalue weighted by atomic mass is 16.3. The van der Waals surface area contributed by atoms with Crippen LogP contribution in [0, 0.1) is 6.92 Å². The third kappa shape index (κ3) is 3.10. The third-order valence-corrected chi connectivity index (χ3v) is 3.07. The molecule has 0 spiro atoms. The van der Waals surface area contributed by atoms with Crippen molar-refractivity contribution in [3.63, 3.8) is 0 Å². The largest absolute Gasteiger partial charge is 0.397 e. The lowest BCUT2D eigenvalue weighted by Gasteiger charge is -2.25. The van der Waals surface area contributed by atoms with E-state index >= 15 is 0 Å². The van der Waals surface area contributed by atoms with Gasteiger partial charge in [-0.15, -0.1) is 0 Å². The summed E-state index contributed by atoms with van der Waals surface area (Å²) in [6, 6.07) is 1.89. The molecule has 0 bridgehead atoms. The summed E-state index contributed by atoms with van der Waals surface area (Å²) in [7, 11) is 0. The Kier molecular flexibility index (Phi) is 4.12. The van der Waals surface area contributed by atoms with Gasteiger partial charge in [-0.3, -0.25) is 0 Å². The van der Waals surface area contributed by atoms with Crippen LogP contribution in [0.1, 0.15) is 32.3 Å². The number of hydrogen-bond acceptors (Lipinski definition) is 4. The van der Waals surface area contributed by atoms with Crippen LogP contribution in [-0.4, -0.2) is 22.2 Å². The molecule has 0 aromatic carbocycles. The first-order valence-corrected chi connectivity index (χ1v) is 5.69. The molecule has 0 aliphatic heterocycles. The van der Waals surface area contributed by atoms with Gasteiger partial charge in [-0.2, -0.15) is 0 Å². The van der Waals surface area contributed by atoms with E-state index in [-0.39, 0.29) is 0 Å². The number of rotatable bonds is 5. The Morgan fingerprint density at radius 3 is 2.56 bits per heavy atom. The van der Waals surface area contributed by atoms with E-state index in [4.69, 9.17) is 5.73 Å². The van der Waals surface area contributed by atoms with Gasteiger partial charge < -0.3 is 16.2 Å². The normalized spacial score (nSPS) is 11.5. The summed E-state index contributed by atoms with van der Waals surface area (Å²) < 4.78 is 0. The number of nitrogens with zero attached hydrogens (tertiary/aromatic N) is 1. The minimum atomic E-state index is -0.656. The number of aliphatic hydroxyl groups is 1. The van der Waals surface area contributed by atoms with E-state index in [1.54, 1.807) is 6.20 Å². The molecule has 0 aliphatic rings. The van der Waals surface area contributed by atoms with Crippen LogP contribution in [-0.2, 0) is 0 Å². The predicted octanol–water partition coefficient (Wildman–Crippen LogP) is 1.94. The van der Waals surface area contributed by atoms with Crippen molar-refractivity contribution >= 4 is 11.5 Å². The fourth-order valence-electron chi connectivity index (χ4n) is 1.42. The monoisotopic (exact) mass is 223 g/mol. The molecule has 0 atom stereocenters. The zero-order chi connectivity index (χ0) is 12.2. The topological polar surface area (TPSA) is 71.2 Å². The Morgan fingerprint density at radius 2 is 2.06 bits per heavy atom. The minimum absolute atomic E-state index is 0.510. The Balaban J connectivity index is 2.64. The first-order valence-electron chi connectivity index (χ1n) is 5.69. The third-order valence-electron chi connectivity index (χ3n) is 3.07. The van der Waals surface area contributed by atoms with Crippen molar-refractivity contribution in [2.24, 2.45) is 0 Å². The van der Waals surface area contributed by atoms with Gasteiger partial charge in [-0.05, 0) is 31.4 Å². The Bertz CT molecular complexity index is 348. The molecule has 0 unspecified atom stereocenters. The molecule has 1 rings (SSSR count). The van der Waals surface area contributed by atoms with Crippen molar-refractivity contribution in [1.82, 2.24) is 4.98 Å². The predicted molar refractivity (Wildman–Crippen MR) is 67.4 cm³/mol. The number of nitrogen functional groups attached to an aromatic ring is 1. The molecule has 0 saturated carbocycles. The standard InChI is InChI=1S/C12H21N3O/c1-4-12(16,5-2)8-15-11-6-9(3)10(13)7-14-11/h6-7,16H,4-5,8,13H2,1-3H3,(H,14,15). The van der Waals surface area contributed by atoms with Crippen LogP contribution in [0.25, 0.3) is 0 Å². The van der Waals surface area contributed by atoms with Crippen molar-refractivity contribution in [2.75, 3.05) is 17.6 Å². The molecule has 4 N–H and O–H groups in total. The molecule has 0 fully saturated rings. The van der Waals surface area contributed by atoms with Crippen LogP contribution in [0.15, 0.2) is 12.3 Å². The van der Waals surface area contributed by atoms with Crippen LogP contribution < -0.4 is 11.1 Å². The molecular weight excluding hydrogens is 202 g/mol. The summed E-state index contributed by atoms with van der Waals surface area (Å²) >= 11 is 0. The van der Waals surface area contributed by atoms with Crippen molar-refractivity contribution < 1.29 is 5.11 Å². The first kappa shape index (κ1) is 12.8. The lowest BCUT2D eigenvalue weighted by Crippen LogP contribution is -2.35. The first-order chi connectivity index (χ1) is 7.50. The van der Waals surface area contributed by atoms with E-state index in [1.165, 1.54) is 0 Å². The van der Waals surface area contributed by atoms with Gasteiger partial charge >= 0.3 is 0 Å². The zero-order valence-electron chi connectivity index (χ0n) is 10.2. The maximum Gasteiger partial charge on any atom is 0.126 e. The molecule has 1 aromatic rings. The van der Waals surface area contributed by atoms with E-state index in [2.05, 4.69) is 10.3 Å². The highest BCUT2D eigenvalue weighted by Gasteiger charge is 2.21. The second kappa shape index (κ2) is 5.16. The van der Waals surface area contributed by atoms with Gasteiger partial charge in [0.05, 0.1) is 17.5 Å². The second-order valence-electron chi connectivity index (χ2n) is 4.21. The fraction of sp³-hybridized carbons (Fsp3) is 0.583. The number of hydrogen-bond donors (Lipinski definition) is 3. The summed E-state index contributed by atoms with van der Waals surface area (Å²) in [6.07, 6.45) is 3.09. The van der Waals surface area contributed by atoms with Gasteiger partial charge in [0, 0.05) is 6.54 Å². The molecule has 4 nitrogen and oxygen atoms in total. The molecule has 0 saturated heterocycles. The van der Waals surface area contributed by atoms with Crippen LogP contribution >= 0.6 is 0 Å². The van der Waals surface area contributed by atoms with Crippen molar-refractivity contribution in [3.05, 3.63) is 17.8 Å². The van der Waals surface area contributed by atoms with Gasteiger partial charge in [0.1, 0.15) is 5.82 Å². The van der Waals surface area contributed by atoms with Crippen molar-refractivity contribution in [1.29, 1.82) is 0 Å². The maximum absolute atomic E-state index is 10.1. The van der Waals surface area contributed by atoms with Gasteiger partial charge in [0.15, 0.2) is 0 Å². The van der Waals surface area contributed by atoms with E-state index in [1.807, 2.05) is 26.8 Å². The van der Waals surface area contributed by atoms with Crippen LogP contribution in [0.4, 0.5) is 11.5 Å². The Labute approximate surface area is 96.9 Å². The summed E-state index contributed by atoms with van der Waals surface area (Å²) in [5, 5.41) is 13.2. The summed E-state index contributed by atoms with van der Waals surface area (Å²) in [6.45, 7) is 6.41. The highest BCUT2D eigenvalue weighted by molar-refractivity contribution is 5.50. The van der Waals surface area contributed by atoms with Crippen molar-refractivity contribution in [2.45, 2.75) is 39.2 Å². The summed E-state index contributed by atoms with van der Waals surface area (Å²) in [5.74, 6) is 0.757. The highest BCUT2D eigenvalue weighted by Crippen LogP contribution is 2.17. The quantitative estimate of drug-likeness (QED) is 0.713. The van der Waals surface area contributed by atoms with Crippen LogP contribution in [0.2, 0.25) is 0 Å². The number of aromatic nitrogens is 1. The number of pyridine rings is 1. The van der Waals surface area contributed by atoms with E-state index in [0.29, 0.717) is 12.2 Å². The van der Waals surface area contributed by atoms with E-state index in [0.717, 1.165) is 24.2 Å². The average Bonchev–Trinajstić information content (AvgIpc) is 2.30. The number of anilines is 2. The van der Waals surface area contributed by atoms with Crippen LogP contribution in [0.3, 0.4) is 0 Å². The molecule has 0 aliphatic carbocycles. The second-order valence-corrected chi connectivity index (χ2v) is 4.21. The maximum atomic E-state index is 10.1. The number of nitrogens with one attached hydrogen (secondary N) is 1. The molecule has 16 heavy (non-hydrogen) atoms. The molecule has 4 heteroatoms. The molecule has 0 amide bonds. The average molecular weight is 223 g/mol. The number of aryl methyl sites for hydroxylation is 1. The lowest BCUT2D eigenvalue weighted by molar-refractivity contribution is 0.0456. The van der Waals surface area contributed by atoms with Crippen molar-refractivity contribution in [3.8, 4) is 0 Å². The smallest absolute Gasteiger partial charge is 0.126 e. The van der Waals surface area contributed by atoms with Gasteiger partial charge in [0.25, 0.3) is 0 Å². The molecule has 1 heterocycles. The SMILES string of the molecule is CCC(O)(CC)CNc1cc(C)c(N)cn1. The van der Waals surface area contributed by atoms with E-state index < -0.39 is 5.60 Å². The molecule has 0 radical (unpaired) electrons. The van der Waals surface area contributed by atoms with Crippen LogP contribution in [0.5, 0.6) is 0 Å². The summed E-state index contributed by atoms with van der Waals surface area (Å²) in [5.41, 5.74) is 6.71. The fourth-order valence-corrected chi connectivity index (χ4v) is 1.42. The van der Waals surface area contributed by atoms with Gasteiger partial charge in [-0.1, -0.05) is 13.8 Å². The summed E-state index contributed by atoms with van der Waals surface area (Å²) in [4.78, 5) is 4.16. The van der Waals surface area contributed by atoms with E-state index in [9.17, 15) is 5.11 Å². The lowest BCUT2D eigenvalue weighted by atomic mass is 9.98. The van der Waals surface area contributed by atoms with Gasteiger partial charge in [0.2, 0.25) is 0 Å². The zero-order valence-corrected chi connectivity index (χ0v) is 10.2. The molecule has 1 aromatic heterocycles. The van der Waals surface area contributed by atoms with Gasteiger partial charge in [-0.25, -0.2) is 4.98 Å². The Morgan fingerprint density at radius 1 is 1.44 bits per heavy atom.